The summed E-state index contributed by atoms with van der Waals surface area (Å²) >= 11 is 0. The molecule has 1 amide bonds. The van der Waals surface area contributed by atoms with Gasteiger partial charge in [0.25, 0.3) is 0 Å². The number of benzene rings is 1. The Kier molecular flexibility index (Phi) is 5.16. The van der Waals surface area contributed by atoms with Crippen molar-refractivity contribution in [3.63, 3.8) is 0 Å². The van der Waals surface area contributed by atoms with Crippen molar-refractivity contribution in [2.75, 3.05) is 6.54 Å². The number of carbonyl (C=O) groups excluding carboxylic acids is 2. The monoisotopic (exact) mass is 287 g/mol. The van der Waals surface area contributed by atoms with Crippen LogP contribution in [0.15, 0.2) is 30.3 Å². The lowest BCUT2D eigenvalue weighted by molar-refractivity contribution is -0.132. The molecule has 2 rings (SSSR count). The van der Waals surface area contributed by atoms with E-state index in [9.17, 15) is 9.59 Å². The van der Waals surface area contributed by atoms with Crippen LogP contribution < -0.4 is 5.32 Å². The summed E-state index contributed by atoms with van der Waals surface area (Å²) in [7, 11) is 0. The maximum Gasteiger partial charge on any atom is 0.226 e. The molecule has 1 saturated carbocycles. The van der Waals surface area contributed by atoms with Crippen LogP contribution in [0.4, 0.5) is 0 Å². The van der Waals surface area contributed by atoms with Gasteiger partial charge in [-0.25, -0.2) is 0 Å². The van der Waals surface area contributed by atoms with Gasteiger partial charge in [0.1, 0.15) is 0 Å². The molecular weight excluding hydrogens is 262 g/mol. The summed E-state index contributed by atoms with van der Waals surface area (Å²) in [6.45, 7) is 4.09. The van der Waals surface area contributed by atoms with Crippen LogP contribution in [0.1, 0.15) is 56.3 Å². The molecule has 1 N–H and O–H groups in total. The summed E-state index contributed by atoms with van der Waals surface area (Å²) in [5.74, 6) is 0.389. The van der Waals surface area contributed by atoms with Crippen LogP contribution in [0, 0.1) is 11.3 Å². The standard InChI is InChI=1S/C18H25NO2/c1-18(2,15-11-7-4-8-12-15)17(21)19-13-16(20)14-9-5-3-6-10-14/h3,5-6,9-10,15H,4,7-8,11-13H2,1-2H3,(H,19,21). The third-order valence-electron chi connectivity index (χ3n) is 4.72. The number of carbonyl (C=O) groups is 2. The van der Waals surface area contributed by atoms with E-state index in [1.165, 1.54) is 19.3 Å². The van der Waals surface area contributed by atoms with Crippen LogP contribution in [0.25, 0.3) is 0 Å². The van der Waals surface area contributed by atoms with E-state index in [1.807, 2.05) is 32.0 Å². The molecule has 21 heavy (non-hydrogen) atoms. The van der Waals surface area contributed by atoms with E-state index in [-0.39, 0.29) is 18.2 Å². The second-order valence-corrected chi connectivity index (χ2v) is 6.53. The number of amides is 1. The fraction of sp³-hybridized carbons (Fsp3) is 0.556. The fourth-order valence-corrected chi connectivity index (χ4v) is 3.12. The predicted molar refractivity (Wildman–Crippen MR) is 84.1 cm³/mol. The third kappa shape index (κ3) is 3.93. The van der Waals surface area contributed by atoms with E-state index in [4.69, 9.17) is 0 Å². The van der Waals surface area contributed by atoms with Gasteiger partial charge in [-0.05, 0) is 18.8 Å². The molecule has 1 aliphatic carbocycles. The molecule has 1 aromatic carbocycles. The van der Waals surface area contributed by atoms with E-state index in [0.29, 0.717) is 11.5 Å². The predicted octanol–water partition coefficient (Wildman–Crippen LogP) is 3.59. The van der Waals surface area contributed by atoms with E-state index >= 15 is 0 Å². The molecule has 0 unspecified atom stereocenters. The number of ketones is 1. The van der Waals surface area contributed by atoms with Crippen LogP contribution in [0.2, 0.25) is 0 Å². The smallest absolute Gasteiger partial charge is 0.226 e. The van der Waals surface area contributed by atoms with Crippen molar-refractivity contribution in [3.05, 3.63) is 35.9 Å². The summed E-state index contributed by atoms with van der Waals surface area (Å²) < 4.78 is 0. The van der Waals surface area contributed by atoms with Crippen molar-refractivity contribution in [2.24, 2.45) is 11.3 Å². The zero-order valence-corrected chi connectivity index (χ0v) is 13.0. The molecule has 1 aromatic rings. The van der Waals surface area contributed by atoms with Gasteiger partial charge in [0, 0.05) is 11.0 Å². The maximum atomic E-state index is 12.4. The highest BCUT2D eigenvalue weighted by atomic mass is 16.2. The van der Waals surface area contributed by atoms with Crippen LogP contribution in [0.3, 0.4) is 0 Å². The van der Waals surface area contributed by atoms with Crippen molar-refractivity contribution in [1.82, 2.24) is 5.32 Å². The van der Waals surface area contributed by atoms with Crippen molar-refractivity contribution in [3.8, 4) is 0 Å². The first-order chi connectivity index (χ1) is 10.0. The average Bonchev–Trinajstić information content (AvgIpc) is 2.53. The van der Waals surface area contributed by atoms with Gasteiger partial charge in [-0.15, -0.1) is 0 Å². The lowest BCUT2D eigenvalue weighted by Crippen LogP contribution is -2.44. The largest absolute Gasteiger partial charge is 0.348 e. The number of Topliss-reactive ketones (excluding diaryl/α,β-unsaturated/α-hetero) is 1. The Balaban J connectivity index is 1.90. The minimum atomic E-state index is -0.391. The molecule has 3 nitrogen and oxygen atoms in total. The van der Waals surface area contributed by atoms with Gasteiger partial charge in [0.2, 0.25) is 5.91 Å². The van der Waals surface area contributed by atoms with Crippen molar-refractivity contribution in [2.45, 2.75) is 46.0 Å². The molecule has 0 aliphatic heterocycles. The summed E-state index contributed by atoms with van der Waals surface area (Å²) in [5.41, 5.74) is 0.255. The Hall–Kier alpha value is -1.64. The Morgan fingerprint density at radius 1 is 1.10 bits per heavy atom. The summed E-state index contributed by atoms with van der Waals surface area (Å²) in [4.78, 5) is 24.5. The highest BCUT2D eigenvalue weighted by molar-refractivity contribution is 5.99. The normalized spacial score (nSPS) is 16.5. The van der Waals surface area contributed by atoms with Crippen molar-refractivity contribution >= 4 is 11.7 Å². The van der Waals surface area contributed by atoms with E-state index < -0.39 is 5.41 Å². The minimum Gasteiger partial charge on any atom is -0.348 e. The van der Waals surface area contributed by atoms with Gasteiger partial charge in [0.15, 0.2) is 5.78 Å². The maximum absolute atomic E-state index is 12.4. The second-order valence-electron chi connectivity index (χ2n) is 6.53. The molecule has 114 valence electrons. The SMILES string of the molecule is CC(C)(C(=O)NCC(=O)c1ccccc1)C1CCCCC1. The fourth-order valence-electron chi connectivity index (χ4n) is 3.12. The first kappa shape index (κ1) is 15.7. The van der Waals surface area contributed by atoms with Crippen LogP contribution in [-0.4, -0.2) is 18.2 Å². The van der Waals surface area contributed by atoms with Gasteiger partial charge in [-0.2, -0.15) is 0 Å². The molecule has 0 saturated heterocycles. The summed E-state index contributed by atoms with van der Waals surface area (Å²) in [5, 5.41) is 2.83. The zero-order valence-electron chi connectivity index (χ0n) is 13.0. The zero-order chi connectivity index (χ0) is 15.3. The Labute approximate surface area is 127 Å². The highest BCUT2D eigenvalue weighted by Gasteiger charge is 2.37. The number of nitrogens with one attached hydrogen (secondary N) is 1. The van der Waals surface area contributed by atoms with Crippen LogP contribution in [0.5, 0.6) is 0 Å². The van der Waals surface area contributed by atoms with Crippen molar-refractivity contribution < 1.29 is 9.59 Å². The lowest BCUT2D eigenvalue weighted by atomic mass is 9.70. The van der Waals surface area contributed by atoms with Gasteiger partial charge < -0.3 is 5.32 Å². The topological polar surface area (TPSA) is 46.2 Å². The molecule has 0 aromatic heterocycles. The summed E-state index contributed by atoms with van der Waals surface area (Å²) in [6, 6.07) is 9.10. The number of hydrogen-bond donors (Lipinski definition) is 1. The average molecular weight is 287 g/mol. The Bertz CT molecular complexity index is 487. The van der Waals surface area contributed by atoms with Crippen LogP contribution in [-0.2, 0) is 4.79 Å². The van der Waals surface area contributed by atoms with E-state index in [2.05, 4.69) is 5.32 Å². The Morgan fingerprint density at radius 3 is 2.33 bits per heavy atom. The molecule has 1 aliphatic rings. The highest BCUT2D eigenvalue weighted by Crippen LogP contribution is 2.38. The first-order valence-electron chi connectivity index (χ1n) is 7.88. The first-order valence-corrected chi connectivity index (χ1v) is 7.88. The van der Waals surface area contributed by atoms with Crippen molar-refractivity contribution in [1.29, 1.82) is 0 Å². The van der Waals surface area contributed by atoms with Gasteiger partial charge in [-0.1, -0.05) is 63.4 Å². The molecule has 0 spiro atoms. The van der Waals surface area contributed by atoms with Gasteiger partial charge in [-0.3, -0.25) is 9.59 Å². The Morgan fingerprint density at radius 2 is 1.71 bits per heavy atom. The molecule has 0 bridgehead atoms. The van der Waals surface area contributed by atoms with E-state index in [1.54, 1.807) is 12.1 Å². The van der Waals surface area contributed by atoms with Gasteiger partial charge in [0.05, 0.1) is 6.54 Å². The molecule has 0 atom stereocenters. The number of hydrogen-bond acceptors (Lipinski definition) is 2. The molecule has 1 fully saturated rings. The minimum absolute atomic E-state index is 0.00122. The quantitative estimate of drug-likeness (QED) is 0.841. The lowest BCUT2D eigenvalue weighted by Gasteiger charge is -2.35. The second kappa shape index (κ2) is 6.88. The third-order valence-corrected chi connectivity index (χ3v) is 4.72. The van der Waals surface area contributed by atoms with Gasteiger partial charge >= 0.3 is 0 Å². The van der Waals surface area contributed by atoms with Crippen LogP contribution >= 0.6 is 0 Å². The number of rotatable bonds is 5. The molecular formula is C18H25NO2. The molecule has 0 radical (unpaired) electrons. The molecule has 3 heteroatoms. The molecule has 0 heterocycles. The van der Waals surface area contributed by atoms with E-state index in [0.717, 1.165) is 12.8 Å². The summed E-state index contributed by atoms with van der Waals surface area (Å²) in [6.07, 6.45) is 5.94.